The molecule has 11 heavy (non-hydrogen) atoms. The third-order valence-electron chi connectivity index (χ3n) is 1.08. The van der Waals surface area contributed by atoms with Crippen molar-refractivity contribution in [2.75, 3.05) is 7.11 Å². The van der Waals surface area contributed by atoms with Crippen molar-refractivity contribution < 1.29 is 10.9 Å². The normalized spacial score (nSPS) is 11.3. The highest BCUT2D eigenvalue weighted by Gasteiger charge is 2.02. The van der Waals surface area contributed by atoms with Crippen LogP contribution < -0.4 is 0 Å². The van der Waals surface area contributed by atoms with Gasteiger partial charge in [0, 0.05) is 13.3 Å². The second-order valence-corrected chi connectivity index (χ2v) is 2.59. The van der Waals surface area contributed by atoms with Gasteiger partial charge in [-0.15, -0.1) is 0 Å². The van der Waals surface area contributed by atoms with E-state index in [-0.39, 0.29) is 18.7 Å². The SMILES string of the molecule is [2H]c1c(Br)nc(C=O)n1COC. The summed E-state index contributed by atoms with van der Waals surface area (Å²) in [5.74, 6) is 0.189. The van der Waals surface area contributed by atoms with Gasteiger partial charge < -0.3 is 9.30 Å². The summed E-state index contributed by atoms with van der Waals surface area (Å²) in [6.07, 6.45) is 0.723. The van der Waals surface area contributed by atoms with Crippen LogP contribution in [0, 0.1) is 0 Å². The molecule has 0 fully saturated rings. The summed E-state index contributed by atoms with van der Waals surface area (Å²) in [5.41, 5.74) is 0. The number of ether oxygens (including phenoxy) is 1. The van der Waals surface area contributed by atoms with E-state index in [9.17, 15) is 4.79 Å². The molecule has 0 radical (unpaired) electrons. The van der Waals surface area contributed by atoms with Crippen LogP contribution in [0.5, 0.6) is 0 Å². The van der Waals surface area contributed by atoms with Gasteiger partial charge in [-0.05, 0) is 15.9 Å². The first-order valence-corrected chi connectivity index (χ1v) is 3.66. The molecule has 1 heterocycles. The molecule has 0 bridgehead atoms. The lowest BCUT2D eigenvalue weighted by Gasteiger charge is -1.99. The monoisotopic (exact) mass is 219 g/mol. The summed E-state index contributed by atoms with van der Waals surface area (Å²) in [5, 5.41) is 0. The molecule has 5 heteroatoms. The zero-order valence-electron chi connectivity index (χ0n) is 6.87. The molecule has 0 N–H and O–H groups in total. The molecule has 0 aromatic carbocycles. The smallest absolute Gasteiger partial charge is 0.185 e. The van der Waals surface area contributed by atoms with E-state index in [0.29, 0.717) is 10.9 Å². The van der Waals surface area contributed by atoms with Gasteiger partial charge >= 0.3 is 0 Å². The average Bonchev–Trinajstić information content (AvgIpc) is 2.33. The molecule has 0 aliphatic carbocycles. The molecule has 0 aliphatic rings. The Kier molecular flexibility index (Phi) is 2.31. The van der Waals surface area contributed by atoms with E-state index in [1.165, 1.54) is 11.7 Å². The van der Waals surface area contributed by atoms with Crippen LogP contribution in [-0.4, -0.2) is 22.9 Å². The molecule has 1 aromatic rings. The molecule has 0 saturated heterocycles. The van der Waals surface area contributed by atoms with Crippen LogP contribution in [0.25, 0.3) is 0 Å². The summed E-state index contributed by atoms with van der Waals surface area (Å²) >= 11 is 3.04. The van der Waals surface area contributed by atoms with Gasteiger partial charge in [0.1, 0.15) is 11.3 Å². The molecule has 1 aromatic heterocycles. The highest BCUT2D eigenvalue weighted by Crippen LogP contribution is 2.07. The van der Waals surface area contributed by atoms with Gasteiger partial charge in [-0.2, -0.15) is 0 Å². The van der Waals surface area contributed by atoms with Gasteiger partial charge in [0.15, 0.2) is 12.1 Å². The number of aromatic nitrogens is 2. The van der Waals surface area contributed by atoms with E-state index in [2.05, 4.69) is 20.9 Å². The van der Waals surface area contributed by atoms with Crippen molar-refractivity contribution in [2.45, 2.75) is 6.73 Å². The molecule has 1 rings (SSSR count). The molecule has 0 unspecified atom stereocenters. The van der Waals surface area contributed by atoms with Gasteiger partial charge in [-0.25, -0.2) is 4.98 Å². The minimum Gasteiger partial charge on any atom is -0.364 e. The molecule has 60 valence electrons. The first-order valence-electron chi connectivity index (χ1n) is 3.37. The summed E-state index contributed by atoms with van der Waals surface area (Å²) < 4.78 is 13.9. The zero-order chi connectivity index (χ0) is 9.14. The summed E-state index contributed by atoms with van der Waals surface area (Å²) in [6.45, 7) is 0.158. The van der Waals surface area contributed by atoms with Crippen molar-refractivity contribution in [3.63, 3.8) is 0 Å². The largest absolute Gasteiger partial charge is 0.364 e. The molecular weight excluding hydrogens is 212 g/mol. The zero-order valence-corrected chi connectivity index (χ0v) is 7.46. The second kappa shape index (κ2) is 3.64. The summed E-state index contributed by atoms with van der Waals surface area (Å²) in [7, 11) is 1.49. The standard InChI is InChI=1S/C6H7BrN2O2/c1-11-4-9-2-5(7)8-6(9)3-10/h2-3H,4H2,1H3/i2D. The Hall–Kier alpha value is -0.680. The van der Waals surface area contributed by atoms with E-state index in [0.717, 1.165) is 0 Å². The van der Waals surface area contributed by atoms with Gasteiger partial charge in [0.25, 0.3) is 0 Å². The molecule has 0 atom stereocenters. The Morgan fingerprint density at radius 3 is 3.36 bits per heavy atom. The maximum atomic E-state index is 10.4. The fourth-order valence-electron chi connectivity index (χ4n) is 0.672. The Bertz CT molecular complexity index is 300. The predicted molar refractivity (Wildman–Crippen MR) is 42.3 cm³/mol. The quantitative estimate of drug-likeness (QED) is 0.715. The van der Waals surface area contributed by atoms with Crippen molar-refractivity contribution in [3.8, 4) is 0 Å². The van der Waals surface area contributed by atoms with Crippen molar-refractivity contribution in [2.24, 2.45) is 0 Å². The third kappa shape index (κ3) is 1.87. The number of rotatable bonds is 3. The molecule has 0 aliphatic heterocycles. The first kappa shape index (κ1) is 7.00. The average molecular weight is 220 g/mol. The number of hydrogen-bond donors (Lipinski definition) is 0. The highest BCUT2D eigenvalue weighted by atomic mass is 79.9. The summed E-state index contributed by atoms with van der Waals surface area (Å²) in [6, 6.07) is 0. The lowest BCUT2D eigenvalue weighted by atomic mass is 10.7. The highest BCUT2D eigenvalue weighted by molar-refractivity contribution is 9.10. The Morgan fingerprint density at radius 1 is 2.09 bits per heavy atom. The summed E-state index contributed by atoms with van der Waals surface area (Å²) in [4.78, 5) is 14.2. The molecule has 4 nitrogen and oxygen atoms in total. The lowest BCUT2D eigenvalue weighted by Crippen LogP contribution is -2.02. The van der Waals surface area contributed by atoms with Gasteiger partial charge in [-0.3, -0.25) is 4.79 Å². The third-order valence-corrected chi connectivity index (χ3v) is 1.43. The Morgan fingerprint density at radius 2 is 2.82 bits per heavy atom. The molecule has 0 spiro atoms. The number of imidazole rings is 1. The van der Waals surface area contributed by atoms with Crippen LogP contribution in [0.4, 0.5) is 0 Å². The molecular formula is C6H7BrN2O2. The van der Waals surface area contributed by atoms with E-state index >= 15 is 0 Å². The number of carbonyl (C=O) groups excluding carboxylic acids is 1. The fourth-order valence-corrected chi connectivity index (χ4v) is 1.07. The van der Waals surface area contributed by atoms with Crippen molar-refractivity contribution in [1.82, 2.24) is 9.55 Å². The topological polar surface area (TPSA) is 44.1 Å². The minimum atomic E-state index is 0.138. The number of carbonyl (C=O) groups is 1. The van der Waals surface area contributed by atoms with Gasteiger partial charge in [0.05, 0.1) is 1.37 Å². The molecule has 0 amide bonds. The maximum absolute atomic E-state index is 10.4. The van der Waals surface area contributed by atoms with E-state index in [4.69, 9.17) is 6.11 Å². The fraction of sp³-hybridized carbons (Fsp3) is 0.333. The van der Waals surface area contributed by atoms with Crippen molar-refractivity contribution in [1.29, 1.82) is 0 Å². The number of nitrogens with zero attached hydrogens (tertiary/aromatic N) is 2. The number of halogens is 1. The predicted octanol–water partition coefficient (Wildman–Crippen LogP) is 1.06. The van der Waals surface area contributed by atoms with Crippen LogP contribution in [0.1, 0.15) is 12.0 Å². The molecule has 0 saturated carbocycles. The van der Waals surface area contributed by atoms with E-state index in [1.807, 2.05) is 0 Å². The minimum absolute atomic E-state index is 0.138. The van der Waals surface area contributed by atoms with E-state index in [1.54, 1.807) is 0 Å². The lowest BCUT2D eigenvalue weighted by molar-refractivity contribution is 0.106. The van der Waals surface area contributed by atoms with Gasteiger partial charge in [-0.1, -0.05) is 0 Å². The second-order valence-electron chi connectivity index (χ2n) is 1.84. The maximum Gasteiger partial charge on any atom is 0.185 e. The van der Waals surface area contributed by atoms with Crippen LogP contribution >= 0.6 is 15.9 Å². The van der Waals surface area contributed by atoms with Gasteiger partial charge in [0.2, 0.25) is 0 Å². The number of methoxy groups -OCH3 is 1. The first-order chi connectivity index (χ1) is 5.70. The van der Waals surface area contributed by atoms with Crippen LogP contribution in [0.3, 0.4) is 0 Å². The van der Waals surface area contributed by atoms with E-state index < -0.39 is 0 Å². The van der Waals surface area contributed by atoms with Crippen LogP contribution in [0.15, 0.2) is 10.8 Å². The van der Waals surface area contributed by atoms with Crippen LogP contribution in [0.2, 0.25) is 0 Å². The van der Waals surface area contributed by atoms with Crippen LogP contribution in [-0.2, 0) is 11.5 Å². The van der Waals surface area contributed by atoms with Crippen molar-refractivity contribution >= 4 is 22.2 Å². The van der Waals surface area contributed by atoms with Crippen molar-refractivity contribution in [3.05, 3.63) is 16.6 Å². The number of aldehydes is 1. The Labute approximate surface area is 73.7 Å². The number of hydrogen-bond acceptors (Lipinski definition) is 3. The Balaban J connectivity index is 3.11.